The van der Waals surface area contributed by atoms with Crippen LogP contribution < -0.4 is 16.0 Å². The molecule has 3 aliphatic carbocycles. The van der Waals surface area contributed by atoms with Crippen LogP contribution in [0.15, 0.2) is 12.1 Å². The monoisotopic (exact) mass is 425 g/mol. The molecule has 3 saturated carbocycles. The van der Waals surface area contributed by atoms with Crippen LogP contribution in [0.3, 0.4) is 0 Å². The summed E-state index contributed by atoms with van der Waals surface area (Å²) in [7, 11) is 0. The minimum atomic E-state index is -0.676. The standard InChI is InChI=1S/C20H25ClFN3O4/c21-15-10-12(22)9-14(16(15)26)17(27)24-19-2-5-20(6-3-19,7-4-19)25-18(28)23-13-1-8-29-11-13/h9-10,13,26H,1-8,11H2,(H,24,27)(H2,23,25,28). The summed E-state index contributed by atoms with van der Waals surface area (Å²) in [6.07, 6.45) is 5.18. The number of aromatic hydroxyl groups is 1. The first-order valence-corrected chi connectivity index (χ1v) is 10.3. The number of hydrogen-bond donors (Lipinski definition) is 4. The van der Waals surface area contributed by atoms with Crippen molar-refractivity contribution in [3.63, 3.8) is 0 Å². The van der Waals surface area contributed by atoms with Gasteiger partial charge in [0.25, 0.3) is 5.91 Å². The second kappa shape index (κ2) is 7.65. The molecule has 9 heteroatoms. The van der Waals surface area contributed by atoms with Gasteiger partial charge in [-0.25, -0.2) is 9.18 Å². The van der Waals surface area contributed by atoms with Crippen LogP contribution in [0.4, 0.5) is 9.18 Å². The molecule has 1 aromatic rings. The summed E-state index contributed by atoms with van der Waals surface area (Å²) in [5, 5.41) is 18.9. The van der Waals surface area contributed by atoms with E-state index in [2.05, 4.69) is 16.0 Å². The van der Waals surface area contributed by atoms with E-state index in [0.717, 1.165) is 37.8 Å². The summed E-state index contributed by atoms with van der Waals surface area (Å²) in [5.74, 6) is -1.63. The van der Waals surface area contributed by atoms with E-state index in [-0.39, 0.29) is 28.2 Å². The van der Waals surface area contributed by atoms with Crippen molar-refractivity contribution in [3.05, 3.63) is 28.5 Å². The Morgan fingerprint density at radius 3 is 2.31 bits per heavy atom. The SMILES string of the molecule is O=C(NC1CCOC1)NC12CCC(NC(=O)c3cc(F)cc(Cl)c3O)(CC1)CC2. The summed E-state index contributed by atoms with van der Waals surface area (Å²) in [6.45, 7) is 1.22. The van der Waals surface area contributed by atoms with Gasteiger partial charge in [-0.2, -0.15) is 0 Å². The van der Waals surface area contributed by atoms with E-state index in [1.54, 1.807) is 0 Å². The number of hydrogen-bond acceptors (Lipinski definition) is 4. The summed E-state index contributed by atoms with van der Waals surface area (Å²) in [5.41, 5.74) is -0.843. The molecule has 1 unspecified atom stereocenters. The third-order valence-electron chi connectivity index (χ3n) is 6.54. The molecular formula is C20H25ClFN3O4. The van der Waals surface area contributed by atoms with Crippen molar-refractivity contribution in [3.8, 4) is 5.75 Å². The molecular weight excluding hydrogens is 401 g/mol. The van der Waals surface area contributed by atoms with E-state index < -0.39 is 23.0 Å². The Morgan fingerprint density at radius 1 is 1.10 bits per heavy atom. The molecule has 1 aromatic carbocycles. The van der Waals surface area contributed by atoms with E-state index in [1.807, 2.05) is 0 Å². The molecule has 2 bridgehead atoms. The van der Waals surface area contributed by atoms with Gasteiger partial charge in [0, 0.05) is 17.7 Å². The topological polar surface area (TPSA) is 99.7 Å². The number of carbonyl (C=O) groups is 2. The van der Waals surface area contributed by atoms with Crippen molar-refractivity contribution in [1.29, 1.82) is 0 Å². The Morgan fingerprint density at radius 2 is 1.72 bits per heavy atom. The first kappa shape index (κ1) is 20.2. The zero-order valence-electron chi connectivity index (χ0n) is 16.0. The second-order valence-electron chi connectivity index (χ2n) is 8.46. The maximum atomic E-state index is 13.6. The third-order valence-corrected chi connectivity index (χ3v) is 6.83. The van der Waals surface area contributed by atoms with Gasteiger partial charge in [0.2, 0.25) is 0 Å². The summed E-state index contributed by atoms with van der Waals surface area (Å²) >= 11 is 5.79. The first-order chi connectivity index (χ1) is 13.8. The van der Waals surface area contributed by atoms with Crippen LogP contribution in [0, 0.1) is 5.82 Å². The van der Waals surface area contributed by atoms with Gasteiger partial charge >= 0.3 is 6.03 Å². The summed E-state index contributed by atoms with van der Waals surface area (Å²) in [6, 6.07) is 1.85. The second-order valence-corrected chi connectivity index (χ2v) is 8.86. The maximum absolute atomic E-state index is 13.6. The smallest absolute Gasteiger partial charge is 0.315 e. The molecule has 4 aliphatic rings. The largest absolute Gasteiger partial charge is 0.506 e. The average molecular weight is 426 g/mol. The van der Waals surface area contributed by atoms with Crippen LogP contribution in [-0.4, -0.2) is 47.4 Å². The van der Waals surface area contributed by atoms with Crippen molar-refractivity contribution >= 4 is 23.5 Å². The van der Waals surface area contributed by atoms with E-state index in [1.165, 1.54) is 0 Å². The number of phenols is 1. The van der Waals surface area contributed by atoms with Crippen molar-refractivity contribution < 1.29 is 23.8 Å². The number of urea groups is 1. The van der Waals surface area contributed by atoms with Crippen LogP contribution in [0.25, 0.3) is 0 Å². The van der Waals surface area contributed by atoms with Crippen LogP contribution in [-0.2, 0) is 4.74 Å². The Kier molecular flexibility index (Phi) is 5.33. The third kappa shape index (κ3) is 4.14. The Labute approximate surface area is 173 Å². The summed E-state index contributed by atoms with van der Waals surface area (Å²) in [4.78, 5) is 25.1. The molecule has 0 spiro atoms. The van der Waals surface area contributed by atoms with Crippen LogP contribution in [0.2, 0.25) is 5.02 Å². The summed E-state index contributed by atoms with van der Waals surface area (Å²) < 4.78 is 18.9. The van der Waals surface area contributed by atoms with Gasteiger partial charge in [0.05, 0.1) is 23.2 Å². The minimum Gasteiger partial charge on any atom is -0.506 e. The molecule has 7 nitrogen and oxygen atoms in total. The fourth-order valence-corrected chi connectivity index (χ4v) is 4.92. The van der Waals surface area contributed by atoms with Crippen molar-refractivity contribution in [1.82, 2.24) is 16.0 Å². The van der Waals surface area contributed by atoms with Gasteiger partial charge in [0.15, 0.2) is 0 Å². The molecule has 4 fully saturated rings. The number of rotatable bonds is 4. The van der Waals surface area contributed by atoms with E-state index in [0.29, 0.717) is 32.5 Å². The predicted molar refractivity (Wildman–Crippen MR) is 105 cm³/mol. The lowest BCUT2D eigenvalue weighted by Gasteiger charge is -2.53. The lowest BCUT2D eigenvalue weighted by Crippen LogP contribution is -2.65. The molecule has 158 valence electrons. The molecule has 0 aromatic heterocycles. The Hall–Kier alpha value is -2.06. The molecule has 1 atom stereocenters. The maximum Gasteiger partial charge on any atom is 0.315 e. The van der Waals surface area contributed by atoms with Gasteiger partial charge in [-0.15, -0.1) is 0 Å². The van der Waals surface area contributed by atoms with Crippen LogP contribution in [0.5, 0.6) is 5.75 Å². The fourth-order valence-electron chi connectivity index (χ4n) is 4.72. The highest BCUT2D eigenvalue weighted by Gasteiger charge is 2.50. The van der Waals surface area contributed by atoms with Crippen LogP contribution in [0.1, 0.15) is 55.3 Å². The highest BCUT2D eigenvalue weighted by Crippen LogP contribution is 2.47. The minimum absolute atomic E-state index is 0.0581. The molecule has 5 rings (SSSR count). The highest BCUT2D eigenvalue weighted by molar-refractivity contribution is 6.32. The quantitative estimate of drug-likeness (QED) is 0.596. The number of nitrogens with one attached hydrogen (secondary N) is 3. The van der Waals surface area contributed by atoms with Gasteiger partial charge in [-0.05, 0) is 57.1 Å². The van der Waals surface area contributed by atoms with Crippen molar-refractivity contribution in [2.24, 2.45) is 0 Å². The number of halogens is 2. The molecule has 1 saturated heterocycles. The van der Waals surface area contributed by atoms with Crippen molar-refractivity contribution in [2.75, 3.05) is 13.2 Å². The predicted octanol–water partition coefficient (Wildman–Crippen LogP) is 2.85. The molecule has 0 radical (unpaired) electrons. The van der Waals surface area contributed by atoms with E-state index in [9.17, 15) is 19.1 Å². The number of phenolic OH excluding ortho intramolecular Hbond substituents is 1. The number of amides is 3. The molecule has 3 amide bonds. The zero-order valence-corrected chi connectivity index (χ0v) is 16.8. The van der Waals surface area contributed by atoms with Gasteiger partial charge in [0.1, 0.15) is 11.6 Å². The first-order valence-electron chi connectivity index (χ1n) is 9.97. The molecule has 29 heavy (non-hydrogen) atoms. The molecule has 4 N–H and O–H groups in total. The number of fused-ring (bicyclic) bond motifs is 3. The van der Waals surface area contributed by atoms with Gasteiger partial charge < -0.3 is 25.8 Å². The highest BCUT2D eigenvalue weighted by atomic mass is 35.5. The lowest BCUT2D eigenvalue weighted by atomic mass is 9.61. The normalized spacial score (nSPS) is 30.8. The zero-order chi connectivity index (χ0) is 20.6. The Balaban J connectivity index is 1.37. The van der Waals surface area contributed by atoms with Gasteiger partial charge in [-0.1, -0.05) is 11.6 Å². The Bertz CT molecular complexity index is 804. The number of carbonyl (C=O) groups excluding carboxylic acids is 2. The van der Waals surface area contributed by atoms with Crippen molar-refractivity contribution in [2.45, 2.75) is 62.1 Å². The number of benzene rings is 1. The average Bonchev–Trinajstić information content (AvgIpc) is 3.18. The fraction of sp³-hybridized carbons (Fsp3) is 0.600. The van der Waals surface area contributed by atoms with E-state index >= 15 is 0 Å². The van der Waals surface area contributed by atoms with Gasteiger partial charge in [-0.3, -0.25) is 4.79 Å². The number of ether oxygens (including phenoxy) is 1. The lowest BCUT2D eigenvalue weighted by molar-refractivity contribution is 0.0524. The van der Waals surface area contributed by atoms with E-state index in [4.69, 9.17) is 16.3 Å². The molecule has 1 heterocycles. The van der Waals surface area contributed by atoms with Crippen LogP contribution >= 0.6 is 11.6 Å². The molecule has 1 aliphatic heterocycles.